The molecular weight excluding hydrogens is 308 g/mol. The maximum atomic E-state index is 12.8. The predicted octanol–water partition coefficient (Wildman–Crippen LogP) is 5.05. The number of aryl methyl sites for hydroxylation is 1. The second-order valence-electron chi connectivity index (χ2n) is 6.34. The number of H-pyrrole nitrogens is 1. The van der Waals surface area contributed by atoms with Crippen molar-refractivity contribution in [1.29, 1.82) is 0 Å². The minimum atomic E-state index is -0.670. The van der Waals surface area contributed by atoms with Crippen molar-refractivity contribution in [1.82, 2.24) is 4.98 Å². The van der Waals surface area contributed by atoms with Gasteiger partial charge in [0.2, 0.25) is 5.91 Å². The van der Waals surface area contributed by atoms with E-state index in [9.17, 15) is 4.79 Å². The number of hydrogen-bond donors (Lipinski definition) is 2. The third-order valence-electron chi connectivity index (χ3n) is 4.19. The van der Waals surface area contributed by atoms with E-state index < -0.39 is 5.41 Å². The van der Waals surface area contributed by atoms with Gasteiger partial charge in [-0.3, -0.25) is 4.79 Å². The quantitative estimate of drug-likeness (QED) is 0.695. The van der Waals surface area contributed by atoms with Crippen LogP contribution in [0.1, 0.15) is 25.0 Å². The van der Waals surface area contributed by atoms with Crippen molar-refractivity contribution in [3.8, 4) is 0 Å². The van der Waals surface area contributed by atoms with Crippen molar-refractivity contribution in [2.75, 3.05) is 5.32 Å². The zero-order valence-corrected chi connectivity index (χ0v) is 14.2. The molecule has 0 unspecified atom stereocenters. The summed E-state index contributed by atoms with van der Waals surface area (Å²) in [6.07, 6.45) is 1.88. The largest absolute Gasteiger partial charge is 0.361 e. The van der Waals surface area contributed by atoms with Gasteiger partial charge in [0.15, 0.2) is 0 Å². The first-order chi connectivity index (χ1) is 10.9. The number of aromatic amines is 1. The zero-order valence-electron chi connectivity index (χ0n) is 13.4. The number of hydrogen-bond acceptors (Lipinski definition) is 1. The molecule has 0 aliphatic heterocycles. The van der Waals surface area contributed by atoms with E-state index in [1.807, 2.05) is 69.4 Å². The highest BCUT2D eigenvalue weighted by molar-refractivity contribution is 6.31. The molecule has 1 aromatic heterocycles. The van der Waals surface area contributed by atoms with Crippen molar-refractivity contribution >= 4 is 34.1 Å². The molecule has 0 aliphatic rings. The Bertz CT molecular complexity index is 863. The number of amides is 1. The van der Waals surface area contributed by atoms with Crippen LogP contribution in [0.2, 0.25) is 5.02 Å². The maximum Gasteiger partial charge on any atom is 0.234 e. The normalized spacial score (nSPS) is 11.7. The lowest BCUT2D eigenvalue weighted by atomic mass is 9.83. The molecule has 1 amide bonds. The Balaban J connectivity index is 1.92. The molecule has 0 saturated heterocycles. The number of nitrogens with one attached hydrogen (secondary N) is 2. The number of anilines is 1. The fourth-order valence-electron chi connectivity index (χ4n) is 2.66. The van der Waals surface area contributed by atoms with Crippen LogP contribution < -0.4 is 5.32 Å². The monoisotopic (exact) mass is 326 g/mol. The number of halogens is 1. The van der Waals surface area contributed by atoms with E-state index in [1.165, 1.54) is 0 Å². The molecule has 2 N–H and O–H groups in total. The smallest absolute Gasteiger partial charge is 0.234 e. The Morgan fingerprint density at radius 3 is 2.52 bits per heavy atom. The molecule has 4 heteroatoms. The van der Waals surface area contributed by atoms with Crippen molar-refractivity contribution in [3.63, 3.8) is 0 Å². The molecule has 23 heavy (non-hydrogen) atoms. The molecule has 0 atom stereocenters. The van der Waals surface area contributed by atoms with E-state index in [0.29, 0.717) is 5.02 Å². The van der Waals surface area contributed by atoms with Gasteiger partial charge in [-0.15, -0.1) is 0 Å². The van der Waals surface area contributed by atoms with E-state index in [0.717, 1.165) is 27.7 Å². The third-order valence-corrected chi connectivity index (χ3v) is 4.43. The van der Waals surface area contributed by atoms with E-state index in [2.05, 4.69) is 10.3 Å². The van der Waals surface area contributed by atoms with Crippen LogP contribution in [0.25, 0.3) is 10.9 Å². The highest BCUT2D eigenvalue weighted by Gasteiger charge is 2.32. The Morgan fingerprint density at radius 1 is 1.13 bits per heavy atom. The molecule has 3 aromatic rings. The van der Waals surface area contributed by atoms with Gasteiger partial charge in [0.05, 0.1) is 5.41 Å². The number of carbonyl (C=O) groups is 1. The minimum Gasteiger partial charge on any atom is -0.361 e. The third kappa shape index (κ3) is 2.97. The van der Waals surface area contributed by atoms with Gasteiger partial charge in [0, 0.05) is 27.8 Å². The zero-order chi connectivity index (χ0) is 16.6. The predicted molar refractivity (Wildman–Crippen MR) is 96.1 cm³/mol. The topological polar surface area (TPSA) is 44.9 Å². The summed E-state index contributed by atoms with van der Waals surface area (Å²) in [7, 11) is 0. The van der Waals surface area contributed by atoms with Crippen molar-refractivity contribution in [3.05, 3.63) is 64.8 Å². The Labute approximate surface area is 140 Å². The van der Waals surface area contributed by atoms with Gasteiger partial charge in [0.25, 0.3) is 0 Å². The van der Waals surface area contributed by atoms with Gasteiger partial charge in [-0.25, -0.2) is 0 Å². The van der Waals surface area contributed by atoms with E-state index in [4.69, 9.17) is 11.6 Å². The second-order valence-corrected chi connectivity index (χ2v) is 6.77. The van der Waals surface area contributed by atoms with Gasteiger partial charge in [-0.2, -0.15) is 0 Å². The van der Waals surface area contributed by atoms with Crippen LogP contribution in [-0.4, -0.2) is 10.9 Å². The summed E-state index contributed by atoms with van der Waals surface area (Å²) >= 11 is 6.03. The molecule has 3 rings (SSSR count). The fourth-order valence-corrected chi connectivity index (χ4v) is 2.83. The lowest BCUT2D eigenvalue weighted by Crippen LogP contribution is -2.34. The lowest BCUT2D eigenvalue weighted by molar-refractivity contribution is -0.120. The van der Waals surface area contributed by atoms with Crippen LogP contribution in [0.15, 0.2) is 48.7 Å². The van der Waals surface area contributed by atoms with Crippen LogP contribution in [0, 0.1) is 6.92 Å². The summed E-state index contributed by atoms with van der Waals surface area (Å²) in [5.74, 6) is -0.0443. The van der Waals surface area contributed by atoms with Gasteiger partial charge >= 0.3 is 0 Å². The molecule has 118 valence electrons. The molecule has 0 radical (unpaired) electrons. The Morgan fingerprint density at radius 2 is 1.83 bits per heavy atom. The highest BCUT2D eigenvalue weighted by Crippen LogP contribution is 2.32. The summed E-state index contributed by atoms with van der Waals surface area (Å²) < 4.78 is 0. The summed E-state index contributed by atoms with van der Waals surface area (Å²) in [6.45, 7) is 5.87. The van der Waals surface area contributed by atoms with Crippen LogP contribution in [0.4, 0.5) is 5.69 Å². The molecular formula is C19H19ClN2O. The van der Waals surface area contributed by atoms with Gasteiger partial charge < -0.3 is 10.3 Å². The van der Waals surface area contributed by atoms with Crippen LogP contribution >= 0.6 is 11.6 Å². The average molecular weight is 327 g/mol. The molecule has 0 aliphatic carbocycles. The average Bonchev–Trinajstić information content (AvgIpc) is 2.93. The van der Waals surface area contributed by atoms with E-state index in [1.54, 1.807) is 0 Å². The van der Waals surface area contributed by atoms with Crippen LogP contribution in [-0.2, 0) is 10.2 Å². The Kier molecular flexibility index (Phi) is 3.90. The number of carbonyl (C=O) groups excluding carboxylic acids is 1. The van der Waals surface area contributed by atoms with Crippen molar-refractivity contribution in [2.45, 2.75) is 26.2 Å². The first-order valence-electron chi connectivity index (χ1n) is 7.53. The molecule has 1 heterocycles. The summed E-state index contributed by atoms with van der Waals surface area (Å²) in [5, 5.41) is 4.68. The standard InChI is InChI=1S/C19H19ClN2O/c1-12-4-7-14(8-5-12)22-18(23)19(2,3)16-11-21-17-10-13(20)6-9-15(16)17/h4-11,21H,1-3H3,(H,22,23). The Hall–Kier alpha value is -2.26. The first kappa shape index (κ1) is 15.6. The molecule has 0 saturated carbocycles. The molecule has 0 fully saturated rings. The first-order valence-corrected chi connectivity index (χ1v) is 7.91. The second kappa shape index (κ2) is 5.74. The van der Waals surface area contributed by atoms with Crippen molar-refractivity contribution in [2.24, 2.45) is 0 Å². The summed E-state index contributed by atoms with van der Waals surface area (Å²) in [4.78, 5) is 16.0. The van der Waals surface area contributed by atoms with Gasteiger partial charge in [-0.05, 0) is 50.6 Å². The van der Waals surface area contributed by atoms with Gasteiger partial charge in [-0.1, -0.05) is 35.4 Å². The minimum absolute atomic E-state index is 0.0443. The molecule has 0 bridgehead atoms. The van der Waals surface area contributed by atoms with Gasteiger partial charge in [0.1, 0.15) is 0 Å². The van der Waals surface area contributed by atoms with E-state index in [-0.39, 0.29) is 5.91 Å². The fraction of sp³-hybridized carbons (Fsp3) is 0.211. The summed E-state index contributed by atoms with van der Waals surface area (Å²) in [6, 6.07) is 13.5. The molecule has 0 spiro atoms. The highest BCUT2D eigenvalue weighted by atomic mass is 35.5. The maximum absolute atomic E-state index is 12.8. The number of benzene rings is 2. The molecule has 3 nitrogen and oxygen atoms in total. The van der Waals surface area contributed by atoms with Crippen LogP contribution in [0.5, 0.6) is 0 Å². The van der Waals surface area contributed by atoms with E-state index >= 15 is 0 Å². The number of rotatable bonds is 3. The van der Waals surface area contributed by atoms with Crippen molar-refractivity contribution < 1.29 is 4.79 Å². The van der Waals surface area contributed by atoms with Crippen LogP contribution in [0.3, 0.4) is 0 Å². The number of fused-ring (bicyclic) bond motifs is 1. The molecule has 2 aromatic carbocycles. The lowest BCUT2D eigenvalue weighted by Gasteiger charge is -2.23. The summed E-state index contributed by atoms with van der Waals surface area (Å²) in [5.41, 5.74) is 3.18. The SMILES string of the molecule is Cc1ccc(NC(=O)C(C)(C)c2c[nH]c3cc(Cl)ccc23)cc1. The number of aromatic nitrogens is 1.